The van der Waals surface area contributed by atoms with E-state index in [0.29, 0.717) is 19.3 Å². The van der Waals surface area contributed by atoms with Crippen molar-refractivity contribution in [2.24, 2.45) is 0 Å². The molecule has 0 rings (SSSR count). The summed E-state index contributed by atoms with van der Waals surface area (Å²) in [4.78, 5) is 0. The van der Waals surface area contributed by atoms with E-state index in [1.807, 2.05) is 7.05 Å². The predicted octanol–water partition coefficient (Wildman–Crippen LogP) is 0.237. The minimum Gasteiger partial charge on any atom is -0.378 e. The monoisotopic (exact) mass is 204 g/mol. The molecule has 0 aliphatic carbocycles. The number of hydrogen-bond acceptors (Lipinski definition) is 4. The van der Waals surface area contributed by atoms with E-state index in [-0.39, 0.29) is 0 Å². The minimum atomic E-state index is 0.533. The van der Waals surface area contributed by atoms with Crippen LogP contribution in [-0.4, -0.2) is 52.6 Å². The van der Waals surface area contributed by atoms with Gasteiger partial charge in [0.25, 0.3) is 0 Å². The highest BCUT2D eigenvalue weighted by atomic mass is 16.5. The van der Waals surface area contributed by atoms with Gasteiger partial charge in [0.1, 0.15) is 0 Å². The fourth-order valence-electron chi connectivity index (χ4n) is 0.916. The van der Waals surface area contributed by atoms with Crippen LogP contribution < -0.4 is 10.6 Å². The maximum Gasteiger partial charge on any atom is 0.0701 e. The molecule has 0 aromatic carbocycles. The van der Waals surface area contributed by atoms with E-state index >= 15 is 0 Å². The van der Waals surface area contributed by atoms with Crippen LogP contribution in [0.2, 0.25) is 0 Å². The Hall–Kier alpha value is -0.160. The molecule has 4 heteroatoms. The zero-order valence-corrected chi connectivity index (χ0v) is 9.64. The van der Waals surface area contributed by atoms with Gasteiger partial charge in [-0.3, -0.25) is 0 Å². The summed E-state index contributed by atoms with van der Waals surface area (Å²) >= 11 is 0. The van der Waals surface area contributed by atoms with Gasteiger partial charge in [0, 0.05) is 19.1 Å². The summed E-state index contributed by atoms with van der Waals surface area (Å²) in [5.74, 6) is 0. The van der Waals surface area contributed by atoms with Gasteiger partial charge in [-0.25, -0.2) is 0 Å². The second-order valence-electron chi connectivity index (χ2n) is 3.44. The molecule has 4 nitrogen and oxygen atoms in total. The Morgan fingerprint density at radius 1 is 0.929 bits per heavy atom. The highest BCUT2D eigenvalue weighted by Gasteiger charge is 1.92. The third-order valence-corrected chi connectivity index (χ3v) is 1.67. The third kappa shape index (κ3) is 11.8. The Kier molecular flexibility index (Phi) is 10.8. The van der Waals surface area contributed by atoms with Crippen LogP contribution in [-0.2, 0) is 9.47 Å². The molecule has 0 radical (unpaired) electrons. The minimum absolute atomic E-state index is 0.533. The number of likely N-dealkylation sites (N-methyl/N-ethyl adjacent to an activating group) is 1. The molecule has 0 bridgehead atoms. The predicted molar refractivity (Wildman–Crippen MR) is 58.7 cm³/mol. The molecule has 0 atom stereocenters. The number of nitrogens with one attached hydrogen (secondary N) is 2. The highest BCUT2D eigenvalue weighted by molar-refractivity contribution is 4.50. The second-order valence-corrected chi connectivity index (χ2v) is 3.44. The first kappa shape index (κ1) is 13.8. The Morgan fingerprint density at radius 3 is 2.00 bits per heavy atom. The summed E-state index contributed by atoms with van der Waals surface area (Å²) in [6, 6.07) is 0.533. The van der Waals surface area contributed by atoms with Gasteiger partial charge in [0.2, 0.25) is 0 Å². The summed E-state index contributed by atoms with van der Waals surface area (Å²) in [5, 5.41) is 6.30. The molecule has 0 heterocycles. The Labute approximate surface area is 87.4 Å². The van der Waals surface area contributed by atoms with E-state index in [1.54, 1.807) is 0 Å². The molecule has 0 unspecified atom stereocenters. The molecule has 2 N–H and O–H groups in total. The van der Waals surface area contributed by atoms with Crippen molar-refractivity contribution in [3.8, 4) is 0 Å². The van der Waals surface area contributed by atoms with E-state index in [0.717, 1.165) is 26.3 Å². The van der Waals surface area contributed by atoms with E-state index in [4.69, 9.17) is 9.47 Å². The number of ether oxygens (including phenoxy) is 2. The van der Waals surface area contributed by atoms with Crippen LogP contribution in [0.4, 0.5) is 0 Å². The molecule has 0 aliphatic heterocycles. The zero-order chi connectivity index (χ0) is 10.6. The van der Waals surface area contributed by atoms with E-state index < -0.39 is 0 Å². The summed E-state index contributed by atoms with van der Waals surface area (Å²) in [5.41, 5.74) is 0. The maximum absolute atomic E-state index is 5.36. The highest BCUT2D eigenvalue weighted by Crippen LogP contribution is 1.79. The Balaban J connectivity index is 2.85. The van der Waals surface area contributed by atoms with Gasteiger partial charge in [-0.2, -0.15) is 0 Å². The fourth-order valence-corrected chi connectivity index (χ4v) is 0.916. The lowest BCUT2D eigenvalue weighted by Crippen LogP contribution is -2.27. The molecule has 0 saturated carbocycles. The van der Waals surface area contributed by atoms with Crippen LogP contribution in [0.1, 0.15) is 13.8 Å². The van der Waals surface area contributed by atoms with Crippen molar-refractivity contribution in [2.45, 2.75) is 19.9 Å². The van der Waals surface area contributed by atoms with Crippen LogP contribution in [0.3, 0.4) is 0 Å². The summed E-state index contributed by atoms with van der Waals surface area (Å²) < 4.78 is 10.7. The van der Waals surface area contributed by atoms with E-state index in [2.05, 4.69) is 24.5 Å². The SMILES string of the molecule is CNCCOCCOCCNC(C)C. The van der Waals surface area contributed by atoms with Gasteiger partial charge in [0.15, 0.2) is 0 Å². The van der Waals surface area contributed by atoms with Crippen molar-refractivity contribution < 1.29 is 9.47 Å². The topological polar surface area (TPSA) is 42.5 Å². The molecule has 0 saturated heterocycles. The van der Waals surface area contributed by atoms with Gasteiger partial charge in [-0.15, -0.1) is 0 Å². The summed E-state index contributed by atoms with van der Waals surface area (Å²) in [6.45, 7) is 8.94. The normalized spacial score (nSPS) is 11.1. The van der Waals surface area contributed by atoms with Crippen LogP contribution in [0.15, 0.2) is 0 Å². The van der Waals surface area contributed by atoms with Crippen LogP contribution >= 0.6 is 0 Å². The van der Waals surface area contributed by atoms with E-state index in [9.17, 15) is 0 Å². The lowest BCUT2D eigenvalue weighted by atomic mass is 10.4. The summed E-state index contributed by atoms with van der Waals surface area (Å²) in [7, 11) is 1.91. The van der Waals surface area contributed by atoms with E-state index in [1.165, 1.54) is 0 Å². The first-order valence-electron chi connectivity index (χ1n) is 5.31. The molecule has 0 amide bonds. The standard InChI is InChI=1S/C10H24N2O2/c1-10(2)12-5-7-14-9-8-13-6-4-11-3/h10-12H,4-9H2,1-3H3. The number of rotatable bonds is 10. The van der Waals surface area contributed by atoms with Crippen molar-refractivity contribution in [3.63, 3.8) is 0 Å². The van der Waals surface area contributed by atoms with Gasteiger partial charge in [-0.05, 0) is 7.05 Å². The maximum atomic E-state index is 5.36. The first-order chi connectivity index (χ1) is 6.77. The zero-order valence-electron chi connectivity index (χ0n) is 9.64. The molecular formula is C10H24N2O2. The number of hydrogen-bond donors (Lipinski definition) is 2. The third-order valence-electron chi connectivity index (χ3n) is 1.67. The average Bonchev–Trinajstić information content (AvgIpc) is 2.15. The van der Waals surface area contributed by atoms with Gasteiger partial charge < -0.3 is 20.1 Å². The Bertz CT molecular complexity index is 110. The van der Waals surface area contributed by atoms with Gasteiger partial charge in [0.05, 0.1) is 26.4 Å². The average molecular weight is 204 g/mol. The smallest absolute Gasteiger partial charge is 0.0701 e. The van der Waals surface area contributed by atoms with Crippen molar-refractivity contribution in [1.82, 2.24) is 10.6 Å². The Morgan fingerprint density at radius 2 is 1.50 bits per heavy atom. The lowest BCUT2D eigenvalue weighted by Gasteiger charge is -2.08. The quantitative estimate of drug-likeness (QED) is 0.500. The van der Waals surface area contributed by atoms with Crippen LogP contribution in [0, 0.1) is 0 Å². The van der Waals surface area contributed by atoms with Gasteiger partial charge >= 0.3 is 0 Å². The van der Waals surface area contributed by atoms with Crippen molar-refractivity contribution >= 4 is 0 Å². The largest absolute Gasteiger partial charge is 0.378 e. The van der Waals surface area contributed by atoms with Gasteiger partial charge in [-0.1, -0.05) is 13.8 Å². The van der Waals surface area contributed by atoms with Crippen molar-refractivity contribution in [2.75, 3.05) is 46.6 Å². The molecule has 0 aromatic heterocycles. The molecule has 0 aromatic rings. The molecular weight excluding hydrogens is 180 g/mol. The molecule has 14 heavy (non-hydrogen) atoms. The van der Waals surface area contributed by atoms with Crippen LogP contribution in [0.25, 0.3) is 0 Å². The first-order valence-corrected chi connectivity index (χ1v) is 5.31. The fraction of sp³-hybridized carbons (Fsp3) is 1.00. The summed E-state index contributed by atoms with van der Waals surface area (Å²) in [6.07, 6.45) is 0. The molecule has 86 valence electrons. The second kappa shape index (κ2) is 10.9. The lowest BCUT2D eigenvalue weighted by molar-refractivity contribution is 0.0499. The molecule has 0 fully saturated rings. The van der Waals surface area contributed by atoms with Crippen molar-refractivity contribution in [1.29, 1.82) is 0 Å². The van der Waals surface area contributed by atoms with Crippen LogP contribution in [0.5, 0.6) is 0 Å². The molecule has 0 spiro atoms. The van der Waals surface area contributed by atoms with Crippen molar-refractivity contribution in [3.05, 3.63) is 0 Å². The molecule has 0 aliphatic rings.